The second kappa shape index (κ2) is 8.86. The Morgan fingerprint density at radius 2 is 1.97 bits per heavy atom. The lowest BCUT2D eigenvalue weighted by Crippen LogP contribution is -2.43. The Labute approximate surface area is 186 Å². The molecule has 164 valence electrons. The van der Waals surface area contributed by atoms with Crippen LogP contribution in [0.1, 0.15) is 52.1 Å². The van der Waals surface area contributed by atoms with Crippen LogP contribution in [0.3, 0.4) is 0 Å². The van der Waals surface area contributed by atoms with Crippen molar-refractivity contribution in [2.24, 2.45) is 0 Å². The molecule has 1 amide bonds. The number of thioether (sulfide) groups is 1. The molecule has 0 fully saturated rings. The van der Waals surface area contributed by atoms with Gasteiger partial charge in [-0.15, -0.1) is 5.10 Å². The molecular weight excluding hydrogens is 410 g/mol. The number of hydrogen-bond acceptors (Lipinski definition) is 5. The van der Waals surface area contributed by atoms with Gasteiger partial charge in [-0.2, -0.15) is 4.68 Å². The molecule has 31 heavy (non-hydrogen) atoms. The van der Waals surface area contributed by atoms with Gasteiger partial charge in [0, 0.05) is 17.8 Å². The minimum Gasteiger partial charge on any atom is -0.351 e. The number of carbonyl (C=O) groups is 1. The predicted octanol–water partition coefficient (Wildman–Crippen LogP) is 3.66. The van der Waals surface area contributed by atoms with Crippen molar-refractivity contribution >= 4 is 17.7 Å². The van der Waals surface area contributed by atoms with Crippen LogP contribution in [0.4, 0.5) is 0 Å². The molecule has 0 aliphatic carbocycles. The van der Waals surface area contributed by atoms with Crippen LogP contribution in [-0.2, 0) is 17.8 Å². The number of carbonyl (C=O) groups excluding carboxylic acids is 1. The van der Waals surface area contributed by atoms with Gasteiger partial charge in [-0.3, -0.25) is 9.59 Å². The first-order valence-electron chi connectivity index (χ1n) is 10.9. The highest BCUT2D eigenvalue weighted by Gasteiger charge is 2.27. The Morgan fingerprint density at radius 3 is 2.71 bits per heavy atom. The van der Waals surface area contributed by atoms with E-state index in [1.165, 1.54) is 16.4 Å². The Morgan fingerprint density at radius 1 is 1.19 bits per heavy atom. The number of amides is 1. The first kappa shape index (κ1) is 21.6. The number of hydrogen-bond donors (Lipinski definition) is 1. The van der Waals surface area contributed by atoms with Gasteiger partial charge in [0.1, 0.15) is 5.56 Å². The van der Waals surface area contributed by atoms with Crippen molar-refractivity contribution in [3.05, 3.63) is 46.4 Å². The van der Waals surface area contributed by atoms with Crippen LogP contribution in [0, 0.1) is 0 Å². The third-order valence-electron chi connectivity index (χ3n) is 5.86. The zero-order valence-corrected chi connectivity index (χ0v) is 19.2. The molecule has 1 N–H and O–H groups in total. The van der Waals surface area contributed by atoms with E-state index in [4.69, 9.17) is 4.98 Å². The number of para-hydroxylation sites is 1. The number of aromatic nitrogens is 4. The van der Waals surface area contributed by atoms with Gasteiger partial charge in [0.2, 0.25) is 5.91 Å². The van der Waals surface area contributed by atoms with Crippen molar-refractivity contribution in [3.8, 4) is 17.1 Å². The normalized spacial score (nSPS) is 14.3. The summed E-state index contributed by atoms with van der Waals surface area (Å²) >= 11 is 1.42. The number of nitrogens with zero attached hydrogens (tertiary/aromatic N) is 4. The molecule has 0 aromatic heterocycles. The van der Waals surface area contributed by atoms with Crippen molar-refractivity contribution in [1.82, 2.24) is 24.6 Å². The summed E-state index contributed by atoms with van der Waals surface area (Å²) in [5, 5.41) is 8.38. The fourth-order valence-corrected chi connectivity index (χ4v) is 4.68. The maximum absolute atomic E-state index is 13.3. The van der Waals surface area contributed by atoms with E-state index >= 15 is 0 Å². The molecule has 1 aromatic carbocycles. The molecule has 3 aliphatic heterocycles. The Kier molecular flexibility index (Phi) is 6.18. The fraction of sp³-hybridized carbons (Fsp3) is 0.478. The van der Waals surface area contributed by atoms with Gasteiger partial charge in [0.15, 0.2) is 11.0 Å². The Bertz CT molecular complexity index is 1100. The van der Waals surface area contributed by atoms with E-state index in [2.05, 4.69) is 21.9 Å². The molecular formula is C23H29N5O2S. The first-order valence-corrected chi connectivity index (χ1v) is 11.9. The van der Waals surface area contributed by atoms with Crippen LogP contribution >= 0.6 is 11.8 Å². The van der Waals surface area contributed by atoms with Crippen molar-refractivity contribution in [2.45, 2.75) is 70.1 Å². The van der Waals surface area contributed by atoms with Crippen LogP contribution in [-0.4, -0.2) is 36.5 Å². The maximum Gasteiger partial charge on any atom is 0.284 e. The summed E-state index contributed by atoms with van der Waals surface area (Å²) in [5.41, 5.74) is 1.97. The van der Waals surface area contributed by atoms with Crippen LogP contribution in [0.15, 0.2) is 40.3 Å². The second-order valence-corrected chi connectivity index (χ2v) is 9.57. The van der Waals surface area contributed by atoms with E-state index in [9.17, 15) is 9.59 Å². The van der Waals surface area contributed by atoms with E-state index in [0.29, 0.717) is 11.4 Å². The summed E-state index contributed by atoms with van der Waals surface area (Å²) in [6.45, 7) is 6.90. The SMILES string of the molecule is CCC(C)(C)NC(=O)CSc1nc2nn(-c3ccccc3)c(=O)c-2c2n1CCCCC2. The molecule has 3 heterocycles. The molecule has 3 aliphatic rings. The molecule has 0 unspecified atom stereocenters. The molecule has 0 radical (unpaired) electrons. The number of fused-ring (bicyclic) bond motifs is 3. The predicted molar refractivity (Wildman–Crippen MR) is 123 cm³/mol. The quantitative estimate of drug-likeness (QED) is 0.468. The lowest BCUT2D eigenvalue weighted by atomic mass is 10.0. The number of rotatable bonds is 6. The second-order valence-electron chi connectivity index (χ2n) is 8.63. The number of nitrogens with one attached hydrogen (secondary N) is 1. The summed E-state index contributed by atoms with van der Waals surface area (Å²) in [4.78, 5) is 30.5. The van der Waals surface area contributed by atoms with Gasteiger partial charge >= 0.3 is 0 Å². The highest BCUT2D eigenvalue weighted by molar-refractivity contribution is 7.99. The van der Waals surface area contributed by atoms with Gasteiger partial charge in [-0.1, -0.05) is 43.3 Å². The highest BCUT2D eigenvalue weighted by atomic mass is 32.2. The summed E-state index contributed by atoms with van der Waals surface area (Å²) in [5.74, 6) is 0.727. The van der Waals surface area contributed by atoms with Gasteiger partial charge < -0.3 is 9.88 Å². The topological polar surface area (TPSA) is 81.8 Å². The van der Waals surface area contributed by atoms with Crippen LogP contribution < -0.4 is 10.9 Å². The average molecular weight is 440 g/mol. The van der Waals surface area contributed by atoms with E-state index in [0.717, 1.165) is 55.2 Å². The molecule has 7 nitrogen and oxygen atoms in total. The molecule has 0 atom stereocenters. The molecule has 1 aromatic rings. The Hall–Kier alpha value is -2.61. The average Bonchev–Trinajstić information content (AvgIpc) is 2.92. The highest BCUT2D eigenvalue weighted by Crippen LogP contribution is 2.30. The zero-order chi connectivity index (χ0) is 22.0. The van der Waals surface area contributed by atoms with Crippen molar-refractivity contribution < 1.29 is 4.79 Å². The maximum atomic E-state index is 13.3. The molecule has 0 bridgehead atoms. The zero-order valence-electron chi connectivity index (χ0n) is 18.4. The molecule has 4 rings (SSSR count). The third kappa shape index (κ3) is 4.54. The van der Waals surface area contributed by atoms with Gasteiger partial charge in [0.05, 0.1) is 11.4 Å². The minimum absolute atomic E-state index is 0.0129. The van der Waals surface area contributed by atoms with E-state index in [1.54, 1.807) is 0 Å². The summed E-state index contributed by atoms with van der Waals surface area (Å²) in [6, 6.07) is 9.43. The smallest absolute Gasteiger partial charge is 0.284 e. The Balaban J connectivity index is 1.73. The summed E-state index contributed by atoms with van der Waals surface area (Å²) < 4.78 is 3.57. The molecule has 8 heteroatoms. The fourth-order valence-electron chi connectivity index (χ4n) is 3.84. The monoisotopic (exact) mass is 439 g/mol. The van der Waals surface area contributed by atoms with Crippen LogP contribution in [0.5, 0.6) is 0 Å². The van der Waals surface area contributed by atoms with Crippen LogP contribution in [0.25, 0.3) is 17.1 Å². The lowest BCUT2D eigenvalue weighted by Gasteiger charge is -2.24. The summed E-state index contributed by atoms with van der Waals surface area (Å²) in [6.07, 6.45) is 4.86. The largest absolute Gasteiger partial charge is 0.351 e. The van der Waals surface area contributed by atoms with Crippen molar-refractivity contribution in [2.75, 3.05) is 5.75 Å². The van der Waals surface area contributed by atoms with E-state index in [1.807, 2.05) is 44.2 Å². The lowest BCUT2D eigenvalue weighted by molar-refractivity contribution is -0.120. The van der Waals surface area contributed by atoms with Crippen LogP contribution in [0.2, 0.25) is 0 Å². The molecule has 0 saturated carbocycles. The number of benzene rings is 1. The van der Waals surface area contributed by atoms with Gasteiger partial charge in [-0.05, 0) is 51.7 Å². The molecule has 0 saturated heterocycles. The minimum atomic E-state index is -0.231. The van der Waals surface area contributed by atoms with Crippen molar-refractivity contribution in [3.63, 3.8) is 0 Å². The first-order chi connectivity index (χ1) is 14.9. The molecule has 0 spiro atoms. The third-order valence-corrected chi connectivity index (χ3v) is 6.84. The van der Waals surface area contributed by atoms with E-state index < -0.39 is 0 Å². The van der Waals surface area contributed by atoms with Crippen molar-refractivity contribution in [1.29, 1.82) is 0 Å². The van der Waals surface area contributed by atoms with E-state index in [-0.39, 0.29) is 22.8 Å². The van der Waals surface area contributed by atoms with Gasteiger partial charge in [0.25, 0.3) is 5.56 Å². The standard InChI is InChI=1S/C23H29N5O2S/c1-4-23(2,3)25-18(29)15-31-22-24-20-19(17-13-9-6-10-14-27(17)22)21(30)28(26-20)16-11-7-5-8-12-16/h5,7-8,11-12H,4,6,9-10,13-15H2,1-3H3,(H,25,29). The summed E-state index contributed by atoms with van der Waals surface area (Å²) in [7, 11) is 0. The van der Waals surface area contributed by atoms with Gasteiger partial charge in [-0.25, -0.2) is 4.98 Å².